The molecule has 2 aromatic carbocycles. The highest BCUT2D eigenvalue weighted by Crippen LogP contribution is 2.36. The van der Waals surface area contributed by atoms with E-state index in [-0.39, 0.29) is 36.9 Å². The van der Waals surface area contributed by atoms with E-state index >= 15 is 0 Å². The number of amides is 3. The molecule has 172 valence electrons. The third kappa shape index (κ3) is 7.28. The maximum absolute atomic E-state index is 12.5. The lowest BCUT2D eigenvalue weighted by molar-refractivity contribution is -0.123. The van der Waals surface area contributed by atoms with Crippen LogP contribution in [0.15, 0.2) is 42.5 Å². The molecule has 0 bridgehead atoms. The van der Waals surface area contributed by atoms with Crippen LogP contribution in [0.2, 0.25) is 0 Å². The van der Waals surface area contributed by atoms with Gasteiger partial charge in [-0.1, -0.05) is 18.2 Å². The van der Waals surface area contributed by atoms with Gasteiger partial charge < -0.3 is 25.4 Å². The summed E-state index contributed by atoms with van der Waals surface area (Å²) < 4.78 is 10.8. The number of anilines is 2. The lowest BCUT2D eigenvalue weighted by Crippen LogP contribution is -2.41. The molecule has 0 heterocycles. The lowest BCUT2D eigenvalue weighted by Gasteiger charge is -2.19. The predicted molar refractivity (Wildman–Crippen MR) is 123 cm³/mol. The second kappa shape index (κ2) is 11.7. The molecule has 0 aliphatic rings. The van der Waals surface area contributed by atoms with Gasteiger partial charge in [0.1, 0.15) is 11.5 Å². The normalized spacial score (nSPS) is 10.6. The molecule has 2 rings (SSSR count). The van der Waals surface area contributed by atoms with E-state index in [1.165, 1.54) is 14.2 Å². The Bertz CT molecular complexity index is 947. The van der Waals surface area contributed by atoms with E-state index in [0.29, 0.717) is 28.4 Å². The molecular formula is C23H30N4O5. The highest BCUT2D eigenvalue weighted by molar-refractivity contribution is 6.05. The van der Waals surface area contributed by atoms with E-state index in [0.717, 1.165) is 0 Å². The van der Waals surface area contributed by atoms with E-state index in [1.54, 1.807) is 48.3 Å². The van der Waals surface area contributed by atoms with Crippen molar-refractivity contribution in [2.75, 3.05) is 45.0 Å². The zero-order valence-corrected chi connectivity index (χ0v) is 19.0. The monoisotopic (exact) mass is 442 g/mol. The summed E-state index contributed by atoms with van der Waals surface area (Å²) in [6, 6.07) is 12.0. The fourth-order valence-electron chi connectivity index (χ4n) is 2.98. The third-order valence-corrected chi connectivity index (χ3v) is 4.36. The van der Waals surface area contributed by atoms with Crippen molar-refractivity contribution in [3.05, 3.63) is 48.0 Å². The fourth-order valence-corrected chi connectivity index (χ4v) is 2.98. The van der Waals surface area contributed by atoms with Gasteiger partial charge in [0.25, 0.3) is 5.91 Å². The van der Waals surface area contributed by atoms with Crippen LogP contribution in [-0.2, 0) is 9.59 Å². The zero-order chi connectivity index (χ0) is 23.7. The van der Waals surface area contributed by atoms with Gasteiger partial charge in [-0.25, -0.2) is 0 Å². The van der Waals surface area contributed by atoms with Crippen molar-refractivity contribution in [2.24, 2.45) is 0 Å². The van der Waals surface area contributed by atoms with E-state index in [2.05, 4.69) is 16.0 Å². The minimum Gasteiger partial charge on any atom is -0.494 e. The summed E-state index contributed by atoms with van der Waals surface area (Å²) in [7, 11) is 4.61. The first-order valence-corrected chi connectivity index (χ1v) is 10.1. The number of hydrogen-bond acceptors (Lipinski definition) is 6. The molecule has 0 saturated heterocycles. The van der Waals surface area contributed by atoms with Gasteiger partial charge in [-0.15, -0.1) is 0 Å². The number of nitrogens with zero attached hydrogens (tertiary/aromatic N) is 1. The molecule has 2 aromatic rings. The quantitative estimate of drug-likeness (QED) is 0.521. The number of nitrogens with one attached hydrogen (secondary N) is 3. The Hall–Kier alpha value is -3.59. The molecule has 0 saturated carbocycles. The first-order valence-electron chi connectivity index (χ1n) is 10.1. The average Bonchev–Trinajstić information content (AvgIpc) is 2.73. The van der Waals surface area contributed by atoms with Gasteiger partial charge in [-0.05, 0) is 33.0 Å². The standard InChI is InChI=1S/C23H30N4O5/c1-15(2)24-21(28)13-27(3)14-22(29)25-17-11-20(32-5)18(12-19(17)31-4)26-23(30)16-9-7-6-8-10-16/h6-12,15H,13-14H2,1-5H3,(H,24,28)(H,25,29)(H,26,30). The summed E-state index contributed by atoms with van der Waals surface area (Å²) >= 11 is 0. The molecule has 0 aliphatic carbocycles. The number of benzene rings is 2. The van der Waals surface area contributed by atoms with Gasteiger partial charge in [0.05, 0.1) is 38.7 Å². The van der Waals surface area contributed by atoms with Crippen molar-refractivity contribution in [1.82, 2.24) is 10.2 Å². The summed E-state index contributed by atoms with van der Waals surface area (Å²) in [5, 5.41) is 8.34. The van der Waals surface area contributed by atoms with Gasteiger partial charge in [0.15, 0.2) is 0 Å². The van der Waals surface area contributed by atoms with Crippen LogP contribution in [0, 0.1) is 0 Å². The second-order valence-electron chi connectivity index (χ2n) is 7.52. The van der Waals surface area contributed by atoms with Crippen LogP contribution in [0.3, 0.4) is 0 Å². The molecular weight excluding hydrogens is 412 g/mol. The number of methoxy groups -OCH3 is 2. The van der Waals surface area contributed by atoms with Crippen molar-refractivity contribution >= 4 is 29.1 Å². The van der Waals surface area contributed by atoms with Crippen LogP contribution in [0.4, 0.5) is 11.4 Å². The number of ether oxygens (including phenoxy) is 2. The van der Waals surface area contributed by atoms with Gasteiger partial charge in [-0.2, -0.15) is 0 Å². The highest BCUT2D eigenvalue weighted by atomic mass is 16.5. The lowest BCUT2D eigenvalue weighted by atomic mass is 10.2. The molecule has 0 aliphatic heterocycles. The van der Waals surface area contributed by atoms with Crippen molar-refractivity contribution < 1.29 is 23.9 Å². The summed E-state index contributed by atoms with van der Waals surface area (Å²) in [5.41, 5.74) is 1.28. The first kappa shape index (κ1) is 24.7. The molecule has 0 spiro atoms. The molecule has 9 heteroatoms. The molecule has 3 amide bonds. The van der Waals surface area contributed by atoms with E-state index < -0.39 is 0 Å². The fraction of sp³-hybridized carbons (Fsp3) is 0.348. The first-order chi connectivity index (χ1) is 15.2. The van der Waals surface area contributed by atoms with Crippen molar-refractivity contribution in [3.63, 3.8) is 0 Å². The Balaban J connectivity index is 2.11. The van der Waals surface area contributed by atoms with Crippen LogP contribution in [0.1, 0.15) is 24.2 Å². The van der Waals surface area contributed by atoms with Gasteiger partial charge in [0, 0.05) is 23.7 Å². The summed E-state index contributed by atoms with van der Waals surface area (Å²) in [5.74, 6) is -0.0823. The Kier molecular flexibility index (Phi) is 9.03. The topological polar surface area (TPSA) is 109 Å². The molecule has 9 nitrogen and oxygen atoms in total. The third-order valence-electron chi connectivity index (χ3n) is 4.36. The minimum absolute atomic E-state index is 0.00345. The number of likely N-dealkylation sites (N-methyl/N-ethyl adjacent to an activating group) is 1. The van der Waals surface area contributed by atoms with Gasteiger partial charge >= 0.3 is 0 Å². The maximum atomic E-state index is 12.5. The van der Waals surface area contributed by atoms with Gasteiger partial charge in [-0.3, -0.25) is 19.3 Å². The predicted octanol–water partition coefficient (Wildman–Crippen LogP) is 2.35. The van der Waals surface area contributed by atoms with Crippen LogP contribution in [-0.4, -0.2) is 63.0 Å². The Labute approximate surface area is 188 Å². The van der Waals surface area contributed by atoms with Crippen molar-refractivity contribution in [2.45, 2.75) is 19.9 Å². The number of hydrogen-bond donors (Lipinski definition) is 3. The molecule has 0 aromatic heterocycles. The number of rotatable bonds is 10. The van der Waals surface area contributed by atoms with E-state index in [1.807, 2.05) is 19.9 Å². The average molecular weight is 443 g/mol. The van der Waals surface area contributed by atoms with Gasteiger partial charge in [0.2, 0.25) is 11.8 Å². The Morgan fingerprint density at radius 2 is 1.41 bits per heavy atom. The maximum Gasteiger partial charge on any atom is 0.255 e. The van der Waals surface area contributed by atoms with Crippen LogP contribution in [0.25, 0.3) is 0 Å². The molecule has 0 fully saturated rings. The molecule has 0 radical (unpaired) electrons. The summed E-state index contributed by atoms with van der Waals surface area (Å²) in [6.07, 6.45) is 0. The molecule has 32 heavy (non-hydrogen) atoms. The number of carbonyl (C=O) groups is 3. The minimum atomic E-state index is -0.328. The SMILES string of the molecule is COc1cc(NC(=O)c2ccccc2)c(OC)cc1NC(=O)CN(C)CC(=O)NC(C)C. The van der Waals surface area contributed by atoms with Crippen molar-refractivity contribution in [3.8, 4) is 11.5 Å². The van der Waals surface area contributed by atoms with Crippen molar-refractivity contribution in [1.29, 1.82) is 0 Å². The zero-order valence-electron chi connectivity index (χ0n) is 19.0. The summed E-state index contributed by atoms with van der Waals surface area (Å²) in [6.45, 7) is 3.84. The smallest absolute Gasteiger partial charge is 0.255 e. The molecule has 0 unspecified atom stereocenters. The van der Waals surface area contributed by atoms with Crippen LogP contribution >= 0.6 is 0 Å². The van der Waals surface area contributed by atoms with E-state index in [9.17, 15) is 14.4 Å². The molecule has 0 atom stereocenters. The second-order valence-corrected chi connectivity index (χ2v) is 7.52. The van der Waals surface area contributed by atoms with E-state index in [4.69, 9.17) is 9.47 Å². The van der Waals surface area contributed by atoms with Crippen LogP contribution in [0.5, 0.6) is 11.5 Å². The number of carbonyl (C=O) groups excluding carboxylic acids is 3. The molecule has 3 N–H and O–H groups in total. The van der Waals surface area contributed by atoms with Crippen LogP contribution < -0.4 is 25.4 Å². The summed E-state index contributed by atoms with van der Waals surface area (Å²) in [4.78, 5) is 38.5. The Morgan fingerprint density at radius 3 is 1.94 bits per heavy atom. The largest absolute Gasteiger partial charge is 0.494 e. The highest BCUT2D eigenvalue weighted by Gasteiger charge is 2.17. The Morgan fingerprint density at radius 1 is 0.875 bits per heavy atom.